The van der Waals surface area contributed by atoms with Gasteiger partial charge in [0, 0.05) is 9.90 Å². The molecule has 0 N–H and O–H groups in total. The first-order valence-electron chi connectivity index (χ1n) is 7.65. The van der Waals surface area contributed by atoms with Crippen LogP contribution in [0, 0.1) is 0 Å². The lowest BCUT2D eigenvalue weighted by molar-refractivity contribution is -0.119. The Hall–Kier alpha value is -2.69. The van der Waals surface area contributed by atoms with Crippen molar-refractivity contribution >= 4 is 51.6 Å². The van der Waals surface area contributed by atoms with Crippen LogP contribution in [0.25, 0.3) is 11.1 Å². The molecule has 0 saturated carbocycles. The van der Waals surface area contributed by atoms with Gasteiger partial charge in [-0.05, 0) is 41.3 Å². The highest BCUT2D eigenvalue weighted by Gasteiger charge is 2.40. The van der Waals surface area contributed by atoms with Gasteiger partial charge in [0.2, 0.25) is 0 Å². The molecule has 2 aromatic carbocycles. The Morgan fingerprint density at radius 1 is 0.760 bits per heavy atom. The number of benzene rings is 2. The van der Waals surface area contributed by atoms with E-state index in [-0.39, 0.29) is 11.8 Å². The summed E-state index contributed by atoms with van der Waals surface area (Å²) in [5.74, 6) is -0.629. The average molecular weight is 366 g/mol. The molecule has 0 saturated heterocycles. The predicted molar refractivity (Wildman–Crippen MR) is 102 cm³/mol. The molecule has 1 aromatic heterocycles. The molecule has 0 unspecified atom stereocenters. The fraction of sp³-hybridized carbons (Fsp3) is 0. The van der Waals surface area contributed by atoms with Crippen LogP contribution in [0.15, 0.2) is 72.1 Å². The van der Waals surface area contributed by atoms with Crippen LogP contribution < -0.4 is 4.90 Å². The van der Waals surface area contributed by atoms with Crippen molar-refractivity contribution in [2.24, 2.45) is 0 Å². The van der Waals surface area contributed by atoms with E-state index in [1.165, 1.54) is 16.2 Å². The maximum Gasteiger partial charge on any atom is 0.267 e. The van der Waals surface area contributed by atoms with Crippen molar-refractivity contribution in [3.8, 4) is 0 Å². The molecule has 0 fully saturated rings. The maximum atomic E-state index is 13.1. The molecule has 1 aliphatic heterocycles. The number of carbonyl (C=O) groups excluding carboxylic acids is 2. The molecule has 0 aliphatic carbocycles. The van der Waals surface area contributed by atoms with Crippen LogP contribution in [-0.2, 0) is 9.59 Å². The number of carbonyl (C=O) groups is 2. The largest absolute Gasteiger partial charge is 0.268 e. The van der Waals surface area contributed by atoms with Crippen LogP contribution >= 0.6 is 22.9 Å². The minimum Gasteiger partial charge on any atom is -0.268 e. The number of rotatable bonds is 3. The standard InChI is InChI=1S/C20H12ClNO2S/c21-14-8-10-15(11-9-14)22-19(23)17(13-5-2-1-3-6-13)18(20(22)24)16-7-4-12-25-16/h1-12H. The number of hydrogen-bond donors (Lipinski definition) is 0. The molecule has 0 radical (unpaired) electrons. The Balaban J connectivity index is 1.89. The van der Waals surface area contributed by atoms with E-state index in [1.54, 1.807) is 24.3 Å². The minimum atomic E-state index is -0.318. The summed E-state index contributed by atoms with van der Waals surface area (Å²) in [7, 11) is 0. The number of amides is 2. The molecule has 0 spiro atoms. The Morgan fingerprint density at radius 3 is 2.08 bits per heavy atom. The molecular weight excluding hydrogens is 354 g/mol. The van der Waals surface area contributed by atoms with Gasteiger partial charge in [-0.25, -0.2) is 4.90 Å². The van der Waals surface area contributed by atoms with Crippen LogP contribution in [0.1, 0.15) is 10.4 Å². The van der Waals surface area contributed by atoms with E-state index in [2.05, 4.69) is 0 Å². The van der Waals surface area contributed by atoms with Gasteiger partial charge in [-0.2, -0.15) is 0 Å². The first-order chi connectivity index (χ1) is 12.2. The van der Waals surface area contributed by atoms with Crippen molar-refractivity contribution in [2.75, 3.05) is 4.90 Å². The van der Waals surface area contributed by atoms with Gasteiger partial charge in [-0.1, -0.05) is 48.0 Å². The topological polar surface area (TPSA) is 37.4 Å². The van der Waals surface area contributed by atoms with Gasteiger partial charge in [0.1, 0.15) is 0 Å². The highest BCUT2D eigenvalue weighted by molar-refractivity contribution is 7.11. The number of thiophene rings is 1. The van der Waals surface area contributed by atoms with E-state index in [0.29, 0.717) is 21.9 Å². The summed E-state index contributed by atoms with van der Waals surface area (Å²) >= 11 is 7.37. The Kier molecular flexibility index (Phi) is 3.99. The Morgan fingerprint density at radius 2 is 1.44 bits per heavy atom. The average Bonchev–Trinajstić information content (AvgIpc) is 3.23. The maximum absolute atomic E-state index is 13.1. The molecule has 2 amide bonds. The SMILES string of the molecule is O=C1C(c2ccccc2)=C(c2cccs2)C(=O)N1c1ccc(Cl)cc1. The Labute approximate surface area is 153 Å². The lowest BCUT2D eigenvalue weighted by Crippen LogP contribution is -2.31. The van der Waals surface area contributed by atoms with Crippen molar-refractivity contribution in [3.05, 3.63) is 87.6 Å². The summed E-state index contributed by atoms with van der Waals surface area (Å²) in [6.45, 7) is 0. The monoisotopic (exact) mass is 365 g/mol. The van der Waals surface area contributed by atoms with Crippen LogP contribution in [-0.4, -0.2) is 11.8 Å². The lowest BCUT2D eigenvalue weighted by atomic mass is 10.0. The van der Waals surface area contributed by atoms with Gasteiger partial charge in [0.15, 0.2) is 0 Å². The van der Waals surface area contributed by atoms with Crippen molar-refractivity contribution in [3.63, 3.8) is 0 Å². The zero-order chi connectivity index (χ0) is 17.4. The van der Waals surface area contributed by atoms with Crippen LogP contribution in [0.5, 0.6) is 0 Å². The molecule has 3 aromatic rings. The van der Waals surface area contributed by atoms with Gasteiger partial charge >= 0.3 is 0 Å². The molecule has 4 rings (SSSR count). The fourth-order valence-electron chi connectivity index (χ4n) is 2.88. The summed E-state index contributed by atoms with van der Waals surface area (Å²) in [6, 6.07) is 19.7. The summed E-state index contributed by atoms with van der Waals surface area (Å²) in [5, 5.41) is 2.45. The van der Waals surface area contributed by atoms with E-state index >= 15 is 0 Å². The second kappa shape index (κ2) is 6.31. The molecule has 122 valence electrons. The third-order valence-electron chi connectivity index (χ3n) is 4.00. The van der Waals surface area contributed by atoms with Crippen LogP contribution in [0.4, 0.5) is 5.69 Å². The van der Waals surface area contributed by atoms with Crippen LogP contribution in [0.2, 0.25) is 5.02 Å². The van der Waals surface area contributed by atoms with Crippen molar-refractivity contribution in [1.29, 1.82) is 0 Å². The van der Waals surface area contributed by atoms with Gasteiger partial charge in [0.05, 0.1) is 16.8 Å². The minimum absolute atomic E-state index is 0.311. The van der Waals surface area contributed by atoms with E-state index in [1.807, 2.05) is 47.8 Å². The molecular formula is C20H12ClNO2S. The molecule has 5 heteroatoms. The number of imide groups is 1. The van der Waals surface area contributed by atoms with Gasteiger partial charge in [0.25, 0.3) is 11.8 Å². The van der Waals surface area contributed by atoms with Crippen LogP contribution in [0.3, 0.4) is 0 Å². The number of hydrogen-bond acceptors (Lipinski definition) is 3. The summed E-state index contributed by atoms with van der Waals surface area (Å²) in [5.41, 5.74) is 2.13. The lowest BCUT2D eigenvalue weighted by Gasteiger charge is -2.15. The highest BCUT2D eigenvalue weighted by atomic mass is 35.5. The number of anilines is 1. The van der Waals surface area contributed by atoms with Crippen molar-refractivity contribution in [2.45, 2.75) is 0 Å². The van der Waals surface area contributed by atoms with E-state index in [4.69, 9.17) is 11.6 Å². The second-order valence-corrected chi connectivity index (χ2v) is 6.90. The third kappa shape index (κ3) is 2.69. The zero-order valence-corrected chi connectivity index (χ0v) is 14.6. The fourth-order valence-corrected chi connectivity index (χ4v) is 3.77. The van der Waals surface area contributed by atoms with Gasteiger partial charge in [-0.15, -0.1) is 11.3 Å². The van der Waals surface area contributed by atoms with E-state index < -0.39 is 0 Å². The molecule has 0 atom stereocenters. The molecule has 3 nitrogen and oxygen atoms in total. The summed E-state index contributed by atoms with van der Waals surface area (Å²) < 4.78 is 0. The molecule has 1 aliphatic rings. The van der Waals surface area contributed by atoms with Gasteiger partial charge < -0.3 is 0 Å². The number of nitrogens with zero attached hydrogens (tertiary/aromatic N) is 1. The molecule has 25 heavy (non-hydrogen) atoms. The normalized spacial score (nSPS) is 14.5. The first kappa shape index (κ1) is 15.8. The van der Waals surface area contributed by atoms with Gasteiger partial charge in [-0.3, -0.25) is 9.59 Å². The number of halogens is 1. The summed E-state index contributed by atoms with van der Waals surface area (Å²) in [4.78, 5) is 28.2. The Bertz CT molecular complexity index is 976. The molecule has 2 heterocycles. The first-order valence-corrected chi connectivity index (χ1v) is 8.90. The zero-order valence-electron chi connectivity index (χ0n) is 13.0. The molecule has 0 bridgehead atoms. The quantitative estimate of drug-likeness (QED) is 0.620. The predicted octanol–water partition coefficient (Wildman–Crippen LogP) is 4.89. The summed E-state index contributed by atoms with van der Waals surface area (Å²) in [6.07, 6.45) is 0. The highest BCUT2D eigenvalue weighted by Crippen LogP contribution is 2.39. The van der Waals surface area contributed by atoms with E-state index in [9.17, 15) is 9.59 Å². The van der Waals surface area contributed by atoms with Crippen molar-refractivity contribution < 1.29 is 9.59 Å². The van der Waals surface area contributed by atoms with Crippen molar-refractivity contribution in [1.82, 2.24) is 0 Å². The smallest absolute Gasteiger partial charge is 0.267 e. The second-order valence-electron chi connectivity index (χ2n) is 5.52. The van der Waals surface area contributed by atoms with E-state index in [0.717, 1.165) is 10.4 Å². The third-order valence-corrected chi connectivity index (χ3v) is 5.14.